The van der Waals surface area contributed by atoms with Gasteiger partial charge >= 0.3 is 0 Å². The smallest absolute Gasteiger partial charge is 0.257 e. The average Bonchev–Trinajstić information content (AvgIpc) is 3.05. The first-order valence-electron chi connectivity index (χ1n) is 8.42. The maximum Gasteiger partial charge on any atom is 0.257 e. The number of carbonyl (C=O) groups excluding carboxylic acids is 1. The topological polar surface area (TPSA) is 51.2 Å². The molecule has 140 valence electrons. The molecule has 0 saturated carbocycles. The standard InChI is InChI=1S/C20H18Br2N2O2S/c1-3-4-17-18(12-5-8-14(21)9-6-12)23-20(27-17)24-19(25)13-7-10-16(26-2)15(22)11-13/h5-11H,3-4H2,1-2H3,(H,23,24,25). The zero-order chi connectivity index (χ0) is 19.4. The molecular weight excluding hydrogens is 492 g/mol. The molecule has 0 aliphatic heterocycles. The Labute approximate surface area is 179 Å². The number of hydrogen-bond donors (Lipinski definition) is 1. The molecule has 0 unspecified atom stereocenters. The van der Waals surface area contributed by atoms with Gasteiger partial charge in [0.2, 0.25) is 0 Å². The van der Waals surface area contributed by atoms with Gasteiger partial charge in [-0.3, -0.25) is 10.1 Å². The van der Waals surface area contributed by atoms with Crippen LogP contribution in [0.25, 0.3) is 11.3 Å². The Kier molecular flexibility index (Phi) is 6.68. The second-order valence-electron chi connectivity index (χ2n) is 5.85. The van der Waals surface area contributed by atoms with E-state index in [0.717, 1.165) is 33.0 Å². The normalized spacial score (nSPS) is 10.7. The van der Waals surface area contributed by atoms with Crippen molar-refractivity contribution in [2.24, 2.45) is 0 Å². The van der Waals surface area contributed by atoms with Gasteiger partial charge in [-0.05, 0) is 52.7 Å². The zero-order valence-corrected chi connectivity index (χ0v) is 18.9. The van der Waals surface area contributed by atoms with Crippen LogP contribution in [0.5, 0.6) is 5.75 Å². The largest absolute Gasteiger partial charge is 0.496 e. The molecule has 0 saturated heterocycles. The lowest BCUT2D eigenvalue weighted by atomic mass is 10.1. The molecule has 1 N–H and O–H groups in total. The highest BCUT2D eigenvalue weighted by atomic mass is 79.9. The van der Waals surface area contributed by atoms with E-state index in [9.17, 15) is 4.79 Å². The number of hydrogen-bond acceptors (Lipinski definition) is 4. The number of aryl methyl sites for hydroxylation is 1. The highest BCUT2D eigenvalue weighted by molar-refractivity contribution is 9.10. The second kappa shape index (κ2) is 8.99. The number of amides is 1. The minimum Gasteiger partial charge on any atom is -0.496 e. The summed E-state index contributed by atoms with van der Waals surface area (Å²) in [6, 6.07) is 13.3. The Morgan fingerprint density at radius 3 is 2.56 bits per heavy atom. The summed E-state index contributed by atoms with van der Waals surface area (Å²) in [6.07, 6.45) is 1.94. The number of thiazole rings is 1. The Morgan fingerprint density at radius 2 is 1.93 bits per heavy atom. The maximum atomic E-state index is 12.6. The minimum absolute atomic E-state index is 0.197. The molecule has 3 aromatic rings. The molecule has 0 atom stereocenters. The summed E-state index contributed by atoms with van der Waals surface area (Å²) < 4.78 is 6.97. The van der Waals surface area contributed by atoms with Gasteiger partial charge < -0.3 is 4.74 Å². The van der Waals surface area contributed by atoms with Crippen molar-refractivity contribution in [3.63, 3.8) is 0 Å². The molecule has 0 aliphatic rings. The molecule has 3 rings (SSSR count). The van der Waals surface area contributed by atoms with Crippen molar-refractivity contribution in [3.8, 4) is 17.0 Å². The Morgan fingerprint density at radius 1 is 1.19 bits per heavy atom. The summed E-state index contributed by atoms with van der Waals surface area (Å²) in [4.78, 5) is 18.5. The number of anilines is 1. The predicted octanol–water partition coefficient (Wildman–Crippen LogP) is 6.55. The Bertz CT molecular complexity index is 955. The van der Waals surface area contributed by atoms with Crippen LogP contribution in [0.15, 0.2) is 51.4 Å². The number of methoxy groups -OCH3 is 1. The molecular formula is C20H18Br2N2O2S. The monoisotopic (exact) mass is 508 g/mol. The number of nitrogens with zero attached hydrogens (tertiary/aromatic N) is 1. The molecule has 0 aliphatic carbocycles. The van der Waals surface area contributed by atoms with Crippen LogP contribution in [-0.4, -0.2) is 18.0 Å². The van der Waals surface area contributed by atoms with Crippen LogP contribution >= 0.6 is 43.2 Å². The number of benzene rings is 2. The van der Waals surface area contributed by atoms with Crippen LogP contribution in [0.4, 0.5) is 5.13 Å². The number of rotatable bonds is 6. The van der Waals surface area contributed by atoms with Crippen LogP contribution in [-0.2, 0) is 6.42 Å². The van der Waals surface area contributed by atoms with Crippen molar-refractivity contribution in [1.29, 1.82) is 0 Å². The van der Waals surface area contributed by atoms with Gasteiger partial charge in [0, 0.05) is 20.5 Å². The van der Waals surface area contributed by atoms with Gasteiger partial charge in [-0.2, -0.15) is 0 Å². The summed E-state index contributed by atoms with van der Waals surface area (Å²) in [5.74, 6) is 0.487. The Hall–Kier alpha value is -1.70. The molecule has 1 heterocycles. The van der Waals surface area contributed by atoms with Crippen LogP contribution in [0.3, 0.4) is 0 Å². The van der Waals surface area contributed by atoms with Crippen LogP contribution < -0.4 is 10.1 Å². The van der Waals surface area contributed by atoms with Crippen LogP contribution in [0, 0.1) is 0 Å². The van der Waals surface area contributed by atoms with E-state index >= 15 is 0 Å². The molecule has 1 amide bonds. The van der Waals surface area contributed by atoms with E-state index in [1.54, 1.807) is 25.3 Å². The van der Waals surface area contributed by atoms with Gasteiger partial charge in [0.1, 0.15) is 5.75 Å². The van der Waals surface area contributed by atoms with Gasteiger partial charge in [0.15, 0.2) is 5.13 Å². The first-order valence-corrected chi connectivity index (χ1v) is 10.8. The van der Waals surface area contributed by atoms with E-state index in [-0.39, 0.29) is 5.91 Å². The lowest BCUT2D eigenvalue weighted by molar-refractivity contribution is 0.102. The number of aromatic nitrogens is 1. The van der Waals surface area contributed by atoms with Gasteiger partial charge in [-0.15, -0.1) is 11.3 Å². The van der Waals surface area contributed by atoms with E-state index in [4.69, 9.17) is 4.74 Å². The van der Waals surface area contributed by atoms with Gasteiger partial charge in [-0.25, -0.2) is 4.98 Å². The molecule has 0 radical (unpaired) electrons. The summed E-state index contributed by atoms with van der Waals surface area (Å²) in [6.45, 7) is 2.14. The molecule has 0 spiro atoms. The van der Waals surface area contributed by atoms with E-state index in [0.29, 0.717) is 16.4 Å². The van der Waals surface area contributed by atoms with Crippen molar-refractivity contribution in [2.75, 3.05) is 12.4 Å². The molecule has 0 bridgehead atoms. The quantitative estimate of drug-likeness (QED) is 0.410. The first-order chi connectivity index (χ1) is 13.0. The molecule has 1 aromatic heterocycles. The third kappa shape index (κ3) is 4.78. The number of ether oxygens (including phenoxy) is 1. The Balaban J connectivity index is 1.86. The third-order valence-corrected chi connectivity index (χ3v) is 6.11. The fourth-order valence-electron chi connectivity index (χ4n) is 2.61. The molecule has 7 heteroatoms. The summed E-state index contributed by atoms with van der Waals surface area (Å²) in [5, 5.41) is 3.53. The predicted molar refractivity (Wildman–Crippen MR) is 118 cm³/mol. The van der Waals surface area contributed by atoms with E-state index in [1.807, 2.05) is 24.3 Å². The van der Waals surface area contributed by atoms with E-state index in [1.165, 1.54) is 16.2 Å². The summed E-state index contributed by atoms with van der Waals surface area (Å²) in [7, 11) is 1.59. The SMILES string of the molecule is CCCc1sc(NC(=O)c2ccc(OC)c(Br)c2)nc1-c1ccc(Br)cc1. The van der Waals surface area contributed by atoms with Crippen molar-refractivity contribution in [3.05, 3.63) is 61.9 Å². The molecule has 4 nitrogen and oxygen atoms in total. The molecule has 27 heavy (non-hydrogen) atoms. The number of halogens is 2. The lowest BCUT2D eigenvalue weighted by Crippen LogP contribution is -2.11. The average molecular weight is 510 g/mol. The van der Waals surface area contributed by atoms with Crippen molar-refractivity contribution < 1.29 is 9.53 Å². The third-order valence-electron chi connectivity index (χ3n) is 3.93. The lowest BCUT2D eigenvalue weighted by Gasteiger charge is -2.06. The number of nitrogens with one attached hydrogen (secondary N) is 1. The first kappa shape index (κ1) is 20.0. The van der Waals surface area contributed by atoms with Gasteiger partial charge in [0.25, 0.3) is 5.91 Å². The molecule has 0 fully saturated rings. The second-order valence-corrected chi connectivity index (χ2v) is 8.70. The summed E-state index contributed by atoms with van der Waals surface area (Å²) in [5.41, 5.74) is 2.52. The fraction of sp³-hybridized carbons (Fsp3) is 0.200. The molecule has 2 aromatic carbocycles. The summed E-state index contributed by atoms with van der Waals surface area (Å²) >= 11 is 8.40. The van der Waals surface area contributed by atoms with Gasteiger partial charge in [-0.1, -0.05) is 41.4 Å². The highest BCUT2D eigenvalue weighted by Crippen LogP contribution is 2.33. The minimum atomic E-state index is -0.197. The zero-order valence-electron chi connectivity index (χ0n) is 14.9. The van der Waals surface area contributed by atoms with Crippen molar-refractivity contribution in [1.82, 2.24) is 4.98 Å². The van der Waals surface area contributed by atoms with Gasteiger partial charge in [0.05, 0.1) is 17.3 Å². The fourth-order valence-corrected chi connectivity index (χ4v) is 4.50. The van der Waals surface area contributed by atoms with Crippen molar-refractivity contribution in [2.45, 2.75) is 19.8 Å². The van der Waals surface area contributed by atoms with E-state index < -0.39 is 0 Å². The van der Waals surface area contributed by atoms with E-state index in [2.05, 4.69) is 49.1 Å². The highest BCUT2D eigenvalue weighted by Gasteiger charge is 2.16. The van der Waals surface area contributed by atoms with Crippen LogP contribution in [0.2, 0.25) is 0 Å². The van der Waals surface area contributed by atoms with Crippen LogP contribution in [0.1, 0.15) is 28.6 Å². The maximum absolute atomic E-state index is 12.6. The van der Waals surface area contributed by atoms with Crippen molar-refractivity contribution >= 4 is 54.2 Å². The number of carbonyl (C=O) groups is 1.